The zero-order chi connectivity index (χ0) is 12.8. The molecule has 2 N–H and O–H groups in total. The Bertz CT molecular complexity index is 353. The van der Waals surface area contributed by atoms with Crippen molar-refractivity contribution in [1.82, 2.24) is 0 Å². The molecule has 0 heterocycles. The Balaban J connectivity index is 2.85. The molecular weight excluding hydrogens is 218 g/mol. The van der Waals surface area contributed by atoms with Gasteiger partial charge in [0, 0.05) is 5.56 Å². The van der Waals surface area contributed by atoms with Crippen LogP contribution in [-0.4, -0.2) is 26.9 Å². The summed E-state index contributed by atoms with van der Waals surface area (Å²) in [6.45, 7) is 4.42. The van der Waals surface area contributed by atoms with Crippen LogP contribution in [0.2, 0.25) is 0 Å². The molecule has 0 aliphatic heterocycles. The lowest BCUT2D eigenvalue weighted by molar-refractivity contribution is 0.0678. The van der Waals surface area contributed by atoms with Crippen molar-refractivity contribution in [1.29, 1.82) is 0 Å². The summed E-state index contributed by atoms with van der Waals surface area (Å²) in [5, 5.41) is 0. The van der Waals surface area contributed by atoms with Crippen molar-refractivity contribution in [3.63, 3.8) is 0 Å². The van der Waals surface area contributed by atoms with Crippen LogP contribution in [0.15, 0.2) is 18.2 Å². The van der Waals surface area contributed by atoms with Crippen molar-refractivity contribution in [2.75, 3.05) is 20.8 Å². The second kappa shape index (κ2) is 6.47. The van der Waals surface area contributed by atoms with E-state index in [1.54, 1.807) is 14.2 Å². The molecule has 4 heteroatoms. The van der Waals surface area contributed by atoms with E-state index in [-0.39, 0.29) is 12.1 Å². The normalized spacial score (nSPS) is 12.6. The van der Waals surface area contributed by atoms with E-state index in [1.165, 1.54) is 0 Å². The molecule has 1 aromatic carbocycles. The third-order valence-corrected chi connectivity index (χ3v) is 2.45. The third-order valence-electron chi connectivity index (χ3n) is 2.45. The van der Waals surface area contributed by atoms with Crippen LogP contribution in [0.25, 0.3) is 0 Å². The van der Waals surface area contributed by atoms with Crippen LogP contribution < -0.4 is 15.2 Å². The molecule has 0 aliphatic carbocycles. The van der Waals surface area contributed by atoms with Crippen LogP contribution in [0.4, 0.5) is 0 Å². The van der Waals surface area contributed by atoms with E-state index < -0.39 is 0 Å². The maximum absolute atomic E-state index is 6.08. The van der Waals surface area contributed by atoms with E-state index in [1.807, 2.05) is 32.0 Å². The summed E-state index contributed by atoms with van der Waals surface area (Å²) < 4.78 is 16.0. The predicted octanol–water partition coefficient (Wildman–Crippen LogP) is 2.13. The lowest BCUT2D eigenvalue weighted by atomic mass is 10.1. The molecule has 4 nitrogen and oxygen atoms in total. The Morgan fingerprint density at radius 2 is 1.88 bits per heavy atom. The van der Waals surface area contributed by atoms with E-state index in [0.29, 0.717) is 6.61 Å². The number of rotatable bonds is 6. The van der Waals surface area contributed by atoms with Crippen molar-refractivity contribution in [2.24, 2.45) is 5.73 Å². The van der Waals surface area contributed by atoms with Crippen molar-refractivity contribution < 1.29 is 14.2 Å². The summed E-state index contributed by atoms with van der Waals surface area (Å²) in [5.41, 5.74) is 6.98. The first-order valence-electron chi connectivity index (χ1n) is 5.67. The second-order valence-corrected chi connectivity index (χ2v) is 4.10. The highest BCUT2D eigenvalue weighted by atomic mass is 16.5. The molecule has 0 fully saturated rings. The Morgan fingerprint density at radius 3 is 2.41 bits per heavy atom. The van der Waals surface area contributed by atoms with Crippen LogP contribution in [0.3, 0.4) is 0 Å². The van der Waals surface area contributed by atoms with Gasteiger partial charge in [-0.2, -0.15) is 0 Å². The largest absolute Gasteiger partial charge is 0.497 e. The summed E-state index contributed by atoms with van der Waals surface area (Å²) in [5.74, 6) is 1.52. The van der Waals surface area contributed by atoms with Gasteiger partial charge >= 0.3 is 0 Å². The molecule has 0 amide bonds. The Morgan fingerprint density at radius 1 is 1.18 bits per heavy atom. The van der Waals surface area contributed by atoms with E-state index in [2.05, 4.69) is 0 Å². The molecule has 0 saturated heterocycles. The molecule has 0 spiro atoms. The molecule has 0 aromatic heterocycles. The SMILES string of the molecule is COc1ccc(OC)c(C(N)COC(C)C)c1. The van der Waals surface area contributed by atoms with Gasteiger partial charge in [0.15, 0.2) is 0 Å². The van der Waals surface area contributed by atoms with Gasteiger partial charge in [0.1, 0.15) is 11.5 Å². The number of ether oxygens (including phenoxy) is 3. The Hall–Kier alpha value is -1.26. The quantitative estimate of drug-likeness (QED) is 0.826. The number of benzene rings is 1. The molecular formula is C13H21NO3. The highest BCUT2D eigenvalue weighted by molar-refractivity contribution is 5.42. The van der Waals surface area contributed by atoms with E-state index >= 15 is 0 Å². The van der Waals surface area contributed by atoms with Crippen LogP contribution in [0, 0.1) is 0 Å². The van der Waals surface area contributed by atoms with Gasteiger partial charge in [0.2, 0.25) is 0 Å². The summed E-state index contributed by atoms with van der Waals surface area (Å²) in [6, 6.07) is 5.36. The van der Waals surface area contributed by atoms with Crippen LogP contribution in [0.1, 0.15) is 25.5 Å². The zero-order valence-corrected chi connectivity index (χ0v) is 10.9. The Labute approximate surface area is 103 Å². The third kappa shape index (κ3) is 3.91. The summed E-state index contributed by atoms with van der Waals surface area (Å²) in [4.78, 5) is 0. The smallest absolute Gasteiger partial charge is 0.123 e. The van der Waals surface area contributed by atoms with Gasteiger partial charge in [0.25, 0.3) is 0 Å². The molecule has 96 valence electrons. The maximum Gasteiger partial charge on any atom is 0.123 e. The molecule has 0 aliphatic rings. The van der Waals surface area contributed by atoms with E-state index in [0.717, 1.165) is 17.1 Å². The minimum absolute atomic E-state index is 0.164. The van der Waals surface area contributed by atoms with Gasteiger partial charge in [-0.3, -0.25) is 0 Å². The average molecular weight is 239 g/mol. The number of methoxy groups -OCH3 is 2. The molecule has 0 saturated carbocycles. The molecule has 1 unspecified atom stereocenters. The maximum atomic E-state index is 6.08. The van der Waals surface area contributed by atoms with Gasteiger partial charge in [-0.1, -0.05) is 0 Å². The van der Waals surface area contributed by atoms with Gasteiger partial charge in [-0.05, 0) is 32.0 Å². The van der Waals surface area contributed by atoms with Crippen molar-refractivity contribution in [3.8, 4) is 11.5 Å². The summed E-state index contributed by atoms with van der Waals surface area (Å²) in [6.07, 6.45) is 0.164. The fourth-order valence-corrected chi connectivity index (χ4v) is 1.52. The standard InChI is InChI=1S/C13H21NO3/c1-9(2)17-8-12(14)11-7-10(15-3)5-6-13(11)16-4/h5-7,9,12H,8,14H2,1-4H3. The molecule has 1 aromatic rings. The minimum atomic E-state index is -0.220. The number of nitrogens with two attached hydrogens (primary N) is 1. The zero-order valence-electron chi connectivity index (χ0n) is 10.9. The van der Waals surface area contributed by atoms with Crippen molar-refractivity contribution in [3.05, 3.63) is 23.8 Å². The first-order chi connectivity index (χ1) is 8.08. The van der Waals surface area contributed by atoms with Crippen molar-refractivity contribution in [2.45, 2.75) is 26.0 Å². The van der Waals surface area contributed by atoms with Crippen LogP contribution in [-0.2, 0) is 4.74 Å². The molecule has 1 atom stereocenters. The molecule has 1 rings (SSSR count). The molecule has 0 radical (unpaired) electrons. The van der Waals surface area contributed by atoms with E-state index in [9.17, 15) is 0 Å². The van der Waals surface area contributed by atoms with Crippen LogP contribution in [0.5, 0.6) is 11.5 Å². The summed E-state index contributed by atoms with van der Waals surface area (Å²) in [7, 11) is 3.25. The van der Waals surface area contributed by atoms with Gasteiger partial charge < -0.3 is 19.9 Å². The Kier molecular flexibility index (Phi) is 5.25. The minimum Gasteiger partial charge on any atom is -0.497 e. The summed E-state index contributed by atoms with van der Waals surface area (Å²) >= 11 is 0. The number of hydrogen-bond acceptors (Lipinski definition) is 4. The predicted molar refractivity (Wildman–Crippen MR) is 67.6 cm³/mol. The van der Waals surface area contributed by atoms with Gasteiger partial charge in [-0.15, -0.1) is 0 Å². The highest BCUT2D eigenvalue weighted by Crippen LogP contribution is 2.28. The average Bonchev–Trinajstić information content (AvgIpc) is 2.34. The molecule has 0 bridgehead atoms. The lowest BCUT2D eigenvalue weighted by Gasteiger charge is -2.18. The van der Waals surface area contributed by atoms with Crippen LogP contribution >= 0.6 is 0 Å². The van der Waals surface area contributed by atoms with Gasteiger partial charge in [-0.25, -0.2) is 0 Å². The molecule has 17 heavy (non-hydrogen) atoms. The van der Waals surface area contributed by atoms with Crippen molar-refractivity contribution >= 4 is 0 Å². The number of hydrogen-bond donors (Lipinski definition) is 1. The van der Waals surface area contributed by atoms with Gasteiger partial charge in [0.05, 0.1) is 33.0 Å². The highest BCUT2D eigenvalue weighted by Gasteiger charge is 2.14. The lowest BCUT2D eigenvalue weighted by Crippen LogP contribution is -2.20. The second-order valence-electron chi connectivity index (χ2n) is 4.10. The first-order valence-corrected chi connectivity index (χ1v) is 5.67. The first kappa shape index (κ1) is 13.8. The van der Waals surface area contributed by atoms with E-state index in [4.69, 9.17) is 19.9 Å². The fraction of sp³-hybridized carbons (Fsp3) is 0.538. The topological polar surface area (TPSA) is 53.7 Å². The monoisotopic (exact) mass is 239 g/mol. The fourth-order valence-electron chi connectivity index (χ4n) is 1.52.